The second-order valence-corrected chi connectivity index (χ2v) is 10.2. The van der Waals surface area contributed by atoms with Crippen molar-refractivity contribution in [2.75, 3.05) is 0 Å². The van der Waals surface area contributed by atoms with Crippen LogP contribution in [0.3, 0.4) is 0 Å². The van der Waals surface area contributed by atoms with Crippen molar-refractivity contribution in [2.24, 2.45) is 0 Å². The molecule has 0 N–H and O–H groups in total. The van der Waals surface area contributed by atoms with Gasteiger partial charge in [-0.1, -0.05) is 78.1 Å². The molecule has 0 bridgehead atoms. The quantitative estimate of drug-likeness (QED) is 0.248. The minimum absolute atomic E-state index is 0.591. The van der Waals surface area contributed by atoms with E-state index in [9.17, 15) is 0 Å². The van der Waals surface area contributed by atoms with Crippen LogP contribution >= 0.6 is 22.2 Å². The molecular formula is C13H28Cl2Si. The fraction of sp³-hybridized carbons (Fsp3) is 1.00. The third kappa shape index (κ3) is 11.3. The van der Waals surface area contributed by atoms with Crippen LogP contribution in [0, 0.1) is 0 Å². The highest BCUT2D eigenvalue weighted by Crippen LogP contribution is 2.23. The lowest BCUT2D eigenvalue weighted by atomic mass is 10.1. The SMILES string of the molecule is CCCCCCCCCCCC(C)[SiH](Cl)Cl. The van der Waals surface area contributed by atoms with E-state index in [2.05, 4.69) is 13.8 Å². The Hall–Kier alpha value is 0.797. The van der Waals surface area contributed by atoms with Crippen molar-refractivity contribution < 1.29 is 0 Å². The highest BCUT2D eigenvalue weighted by atomic mass is 35.7. The molecular weight excluding hydrogens is 255 g/mol. The van der Waals surface area contributed by atoms with E-state index in [-0.39, 0.29) is 0 Å². The largest absolute Gasteiger partial charge is 0.239 e. The molecule has 1 atom stereocenters. The van der Waals surface area contributed by atoms with Gasteiger partial charge in [0.2, 0.25) is 7.42 Å². The van der Waals surface area contributed by atoms with E-state index in [1.54, 1.807) is 0 Å². The molecule has 3 heteroatoms. The molecule has 98 valence electrons. The van der Waals surface area contributed by atoms with Crippen LogP contribution in [0.15, 0.2) is 0 Å². The third-order valence-electron chi connectivity index (χ3n) is 3.19. The summed E-state index contributed by atoms with van der Waals surface area (Å²) in [6.45, 7) is 4.47. The van der Waals surface area contributed by atoms with Crippen LogP contribution in [0.25, 0.3) is 0 Å². The predicted octanol–water partition coefficient (Wildman–Crippen LogP) is 6.00. The zero-order valence-electron chi connectivity index (χ0n) is 11.0. The summed E-state index contributed by atoms with van der Waals surface area (Å²) < 4.78 is 0. The van der Waals surface area contributed by atoms with Crippen LogP contribution in [-0.2, 0) is 0 Å². The first-order valence-electron chi connectivity index (χ1n) is 6.96. The van der Waals surface area contributed by atoms with Gasteiger partial charge in [-0.05, 0) is 5.54 Å². The zero-order valence-corrected chi connectivity index (χ0v) is 13.6. The van der Waals surface area contributed by atoms with Crippen LogP contribution < -0.4 is 0 Å². The topological polar surface area (TPSA) is 0 Å². The van der Waals surface area contributed by atoms with Crippen molar-refractivity contribution in [2.45, 2.75) is 83.6 Å². The van der Waals surface area contributed by atoms with Crippen LogP contribution in [0.4, 0.5) is 0 Å². The van der Waals surface area contributed by atoms with Crippen molar-refractivity contribution in [3.05, 3.63) is 0 Å². The maximum Gasteiger partial charge on any atom is 0.239 e. The molecule has 0 heterocycles. The Balaban J connectivity index is 3.04. The monoisotopic (exact) mass is 282 g/mol. The van der Waals surface area contributed by atoms with Crippen LogP contribution in [-0.4, -0.2) is 7.42 Å². The Bertz CT molecular complexity index is 140. The molecule has 0 aliphatic heterocycles. The summed E-state index contributed by atoms with van der Waals surface area (Å²) >= 11 is 11.9. The first-order valence-corrected chi connectivity index (χ1v) is 11.1. The molecule has 0 radical (unpaired) electrons. The van der Waals surface area contributed by atoms with Gasteiger partial charge in [0.25, 0.3) is 0 Å². The molecule has 1 unspecified atom stereocenters. The van der Waals surface area contributed by atoms with E-state index in [0.717, 1.165) is 0 Å². The van der Waals surface area contributed by atoms with Crippen molar-refractivity contribution in [1.82, 2.24) is 0 Å². The highest BCUT2D eigenvalue weighted by molar-refractivity contribution is 7.34. The number of halogens is 2. The molecule has 0 nitrogen and oxygen atoms in total. The minimum atomic E-state index is -1.40. The Labute approximate surface area is 113 Å². The van der Waals surface area contributed by atoms with Crippen LogP contribution in [0.2, 0.25) is 5.54 Å². The van der Waals surface area contributed by atoms with Crippen LogP contribution in [0.1, 0.15) is 78.1 Å². The summed E-state index contributed by atoms with van der Waals surface area (Å²) in [5.41, 5.74) is 0.591. The summed E-state index contributed by atoms with van der Waals surface area (Å²) in [5.74, 6) is 0. The summed E-state index contributed by atoms with van der Waals surface area (Å²) in [5, 5.41) is 0. The number of unbranched alkanes of at least 4 members (excludes halogenated alkanes) is 8. The van der Waals surface area contributed by atoms with E-state index in [0.29, 0.717) is 5.54 Å². The van der Waals surface area contributed by atoms with Gasteiger partial charge >= 0.3 is 0 Å². The number of hydrogen-bond acceptors (Lipinski definition) is 0. The molecule has 0 saturated heterocycles. The normalized spacial score (nSPS) is 13.3. The van der Waals surface area contributed by atoms with Gasteiger partial charge in [-0.3, -0.25) is 0 Å². The van der Waals surface area contributed by atoms with Gasteiger partial charge in [0.1, 0.15) is 0 Å². The Morgan fingerprint density at radius 2 is 1.25 bits per heavy atom. The molecule has 0 aromatic heterocycles. The smallest absolute Gasteiger partial charge is 0.150 e. The molecule has 0 aromatic rings. The lowest BCUT2D eigenvalue weighted by Gasteiger charge is -2.09. The van der Waals surface area contributed by atoms with Crippen molar-refractivity contribution in [1.29, 1.82) is 0 Å². The Morgan fingerprint density at radius 1 is 0.812 bits per heavy atom. The number of rotatable bonds is 11. The van der Waals surface area contributed by atoms with Crippen molar-refractivity contribution in [3.8, 4) is 0 Å². The average Bonchev–Trinajstić information content (AvgIpc) is 2.26. The summed E-state index contributed by atoms with van der Waals surface area (Å²) in [7, 11) is -1.40. The van der Waals surface area contributed by atoms with Gasteiger partial charge in [-0.2, -0.15) is 22.2 Å². The summed E-state index contributed by atoms with van der Waals surface area (Å²) in [4.78, 5) is 0. The number of hydrogen-bond donors (Lipinski definition) is 0. The minimum Gasteiger partial charge on any atom is -0.150 e. The molecule has 0 amide bonds. The second kappa shape index (κ2) is 12.3. The van der Waals surface area contributed by atoms with Crippen molar-refractivity contribution in [3.63, 3.8) is 0 Å². The van der Waals surface area contributed by atoms with Gasteiger partial charge in [0.15, 0.2) is 0 Å². The highest BCUT2D eigenvalue weighted by Gasteiger charge is 2.12. The maximum absolute atomic E-state index is 5.94. The van der Waals surface area contributed by atoms with Gasteiger partial charge in [-0.25, -0.2) is 0 Å². The molecule has 0 aliphatic rings. The molecule has 0 rings (SSSR count). The van der Waals surface area contributed by atoms with E-state index in [1.165, 1.54) is 64.2 Å². The molecule has 0 aromatic carbocycles. The van der Waals surface area contributed by atoms with E-state index < -0.39 is 7.42 Å². The molecule has 0 aliphatic carbocycles. The van der Waals surface area contributed by atoms with Gasteiger partial charge in [-0.15, -0.1) is 0 Å². The average molecular weight is 283 g/mol. The van der Waals surface area contributed by atoms with E-state index in [1.807, 2.05) is 0 Å². The Morgan fingerprint density at radius 3 is 1.69 bits per heavy atom. The fourth-order valence-electron chi connectivity index (χ4n) is 1.90. The van der Waals surface area contributed by atoms with Gasteiger partial charge < -0.3 is 0 Å². The zero-order chi connectivity index (χ0) is 12.2. The first-order chi connectivity index (χ1) is 7.68. The fourth-order valence-corrected chi connectivity index (χ4v) is 3.15. The van der Waals surface area contributed by atoms with Crippen molar-refractivity contribution >= 4 is 29.6 Å². The maximum atomic E-state index is 5.94. The van der Waals surface area contributed by atoms with Gasteiger partial charge in [0, 0.05) is 0 Å². The third-order valence-corrected chi connectivity index (χ3v) is 6.97. The van der Waals surface area contributed by atoms with E-state index in [4.69, 9.17) is 22.2 Å². The standard InChI is InChI=1S/C13H28Cl2Si/c1-3-4-5-6-7-8-9-10-11-12-13(2)16(14)15/h13,16H,3-12H2,1-2H3. The predicted molar refractivity (Wildman–Crippen MR) is 80.1 cm³/mol. The molecule has 0 saturated carbocycles. The van der Waals surface area contributed by atoms with E-state index >= 15 is 0 Å². The molecule has 0 fully saturated rings. The Kier molecular flexibility index (Phi) is 12.9. The second-order valence-electron chi connectivity index (χ2n) is 4.93. The van der Waals surface area contributed by atoms with Gasteiger partial charge in [0.05, 0.1) is 0 Å². The lowest BCUT2D eigenvalue weighted by molar-refractivity contribution is 0.554. The lowest BCUT2D eigenvalue weighted by Crippen LogP contribution is -2.02. The molecule has 16 heavy (non-hydrogen) atoms. The summed E-state index contributed by atoms with van der Waals surface area (Å²) in [6, 6.07) is 0. The molecule has 0 spiro atoms. The van der Waals surface area contributed by atoms with Crippen LogP contribution in [0.5, 0.6) is 0 Å². The first kappa shape index (κ1) is 16.8. The summed E-state index contributed by atoms with van der Waals surface area (Å²) in [6.07, 6.45) is 13.8.